The SMILES string of the molecule is Cc1ccc(C)c(NCC(=O)Nc2ccccc2Cl)c1. The first-order chi connectivity index (χ1) is 9.56. The quantitative estimate of drug-likeness (QED) is 0.892. The number of hydrogen-bond acceptors (Lipinski definition) is 2. The molecule has 0 heterocycles. The standard InChI is InChI=1S/C16H17ClN2O/c1-11-7-8-12(2)15(9-11)18-10-16(20)19-14-6-4-3-5-13(14)17/h3-9,18H,10H2,1-2H3,(H,19,20). The van der Waals surface area contributed by atoms with Gasteiger partial charge in [0.25, 0.3) is 0 Å². The molecule has 0 unspecified atom stereocenters. The summed E-state index contributed by atoms with van der Waals surface area (Å²) in [6.07, 6.45) is 0. The Balaban J connectivity index is 1.96. The van der Waals surface area contributed by atoms with E-state index in [1.54, 1.807) is 12.1 Å². The van der Waals surface area contributed by atoms with Gasteiger partial charge in [0, 0.05) is 5.69 Å². The Morgan fingerprint density at radius 2 is 1.85 bits per heavy atom. The van der Waals surface area contributed by atoms with Crippen LogP contribution in [0, 0.1) is 13.8 Å². The summed E-state index contributed by atoms with van der Waals surface area (Å²) in [5.74, 6) is -0.126. The fraction of sp³-hybridized carbons (Fsp3) is 0.188. The number of amides is 1. The lowest BCUT2D eigenvalue weighted by molar-refractivity contribution is -0.114. The molecule has 4 heteroatoms. The number of carbonyl (C=O) groups excluding carboxylic acids is 1. The van der Waals surface area contributed by atoms with E-state index in [-0.39, 0.29) is 12.5 Å². The van der Waals surface area contributed by atoms with Gasteiger partial charge in [-0.1, -0.05) is 35.9 Å². The molecule has 0 radical (unpaired) electrons. The van der Waals surface area contributed by atoms with Gasteiger partial charge in [-0.15, -0.1) is 0 Å². The Morgan fingerprint density at radius 1 is 1.10 bits per heavy atom. The lowest BCUT2D eigenvalue weighted by atomic mass is 10.1. The molecule has 0 saturated carbocycles. The molecule has 0 saturated heterocycles. The molecule has 2 aromatic rings. The Morgan fingerprint density at radius 3 is 2.60 bits per heavy atom. The average Bonchev–Trinajstić information content (AvgIpc) is 2.42. The molecule has 2 aromatic carbocycles. The number of benzene rings is 2. The molecule has 20 heavy (non-hydrogen) atoms. The highest BCUT2D eigenvalue weighted by Gasteiger charge is 2.06. The van der Waals surface area contributed by atoms with E-state index in [9.17, 15) is 4.79 Å². The summed E-state index contributed by atoms with van der Waals surface area (Å²) >= 11 is 6.00. The van der Waals surface area contributed by atoms with Crippen molar-refractivity contribution in [1.29, 1.82) is 0 Å². The zero-order valence-electron chi connectivity index (χ0n) is 11.5. The normalized spacial score (nSPS) is 10.2. The van der Waals surface area contributed by atoms with Gasteiger partial charge in [-0.3, -0.25) is 4.79 Å². The Labute approximate surface area is 124 Å². The van der Waals surface area contributed by atoms with Gasteiger partial charge in [-0.05, 0) is 43.2 Å². The van der Waals surface area contributed by atoms with Crippen LogP contribution in [-0.4, -0.2) is 12.5 Å². The van der Waals surface area contributed by atoms with E-state index in [1.165, 1.54) is 0 Å². The third-order valence-corrected chi connectivity index (χ3v) is 3.31. The molecule has 104 valence electrons. The fourth-order valence-corrected chi connectivity index (χ4v) is 2.04. The van der Waals surface area contributed by atoms with Crippen LogP contribution in [0.25, 0.3) is 0 Å². The average molecular weight is 289 g/mol. The Bertz CT molecular complexity index is 626. The van der Waals surface area contributed by atoms with E-state index < -0.39 is 0 Å². The summed E-state index contributed by atoms with van der Waals surface area (Å²) in [6.45, 7) is 4.23. The maximum absolute atomic E-state index is 11.9. The molecule has 0 aliphatic carbocycles. The molecule has 0 atom stereocenters. The summed E-state index contributed by atoms with van der Waals surface area (Å²) < 4.78 is 0. The van der Waals surface area contributed by atoms with E-state index >= 15 is 0 Å². The van der Waals surface area contributed by atoms with Crippen LogP contribution in [0.1, 0.15) is 11.1 Å². The first-order valence-corrected chi connectivity index (χ1v) is 6.79. The van der Waals surface area contributed by atoms with Gasteiger partial charge in [0.2, 0.25) is 5.91 Å². The number of carbonyl (C=O) groups is 1. The molecule has 0 aromatic heterocycles. The van der Waals surface area contributed by atoms with Crippen molar-refractivity contribution in [3.8, 4) is 0 Å². The molecule has 0 spiro atoms. The summed E-state index contributed by atoms with van der Waals surface area (Å²) in [5.41, 5.74) is 3.87. The highest BCUT2D eigenvalue weighted by Crippen LogP contribution is 2.20. The van der Waals surface area contributed by atoms with E-state index in [0.717, 1.165) is 16.8 Å². The molecule has 0 fully saturated rings. The molecule has 0 aliphatic heterocycles. The van der Waals surface area contributed by atoms with Crippen molar-refractivity contribution in [3.05, 3.63) is 58.6 Å². The zero-order valence-corrected chi connectivity index (χ0v) is 12.3. The van der Waals surface area contributed by atoms with Crippen molar-refractivity contribution in [2.75, 3.05) is 17.2 Å². The van der Waals surface area contributed by atoms with Gasteiger partial charge < -0.3 is 10.6 Å². The number of anilines is 2. The van der Waals surface area contributed by atoms with E-state index in [1.807, 2.05) is 44.2 Å². The van der Waals surface area contributed by atoms with E-state index in [2.05, 4.69) is 10.6 Å². The monoisotopic (exact) mass is 288 g/mol. The highest BCUT2D eigenvalue weighted by atomic mass is 35.5. The van der Waals surface area contributed by atoms with E-state index in [0.29, 0.717) is 10.7 Å². The lowest BCUT2D eigenvalue weighted by Gasteiger charge is -2.11. The van der Waals surface area contributed by atoms with E-state index in [4.69, 9.17) is 11.6 Å². The number of halogens is 1. The first kappa shape index (κ1) is 14.4. The molecule has 2 N–H and O–H groups in total. The molecule has 1 amide bonds. The minimum atomic E-state index is -0.126. The van der Waals surface area contributed by atoms with Crippen molar-refractivity contribution >= 4 is 28.9 Å². The van der Waals surface area contributed by atoms with Crippen LogP contribution in [0.4, 0.5) is 11.4 Å². The molecular weight excluding hydrogens is 272 g/mol. The van der Waals surface area contributed by atoms with Gasteiger partial charge in [-0.25, -0.2) is 0 Å². The maximum atomic E-state index is 11.9. The zero-order chi connectivity index (χ0) is 14.5. The topological polar surface area (TPSA) is 41.1 Å². The number of nitrogens with one attached hydrogen (secondary N) is 2. The second-order valence-corrected chi connectivity index (χ2v) is 5.11. The van der Waals surface area contributed by atoms with Gasteiger partial charge in [0.15, 0.2) is 0 Å². The minimum Gasteiger partial charge on any atom is -0.376 e. The smallest absolute Gasteiger partial charge is 0.243 e. The second kappa shape index (κ2) is 6.44. The van der Waals surface area contributed by atoms with Crippen molar-refractivity contribution in [2.45, 2.75) is 13.8 Å². The van der Waals surface area contributed by atoms with Crippen LogP contribution in [0.3, 0.4) is 0 Å². The maximum Gasteiger partial charge on any atom is 0.243 e. The van der Waals surface area contributed by atoms with Crippen molar-refractivity contribution < 1.29 is 4.79 Å². The minimum absolute atomic E-state index is 0.126. The fourth-order valence-electron chi connectivity index (χ4n) is 1.86. The number of para-hydroxylation sites is 1. The third kappa shape index (κ3) is 3.75. The molecular formula is C16H17ClN2O. The summed E-state index contributed by atoms with van der Waals surface area (Å²) in [7, 11) is 0. The number of rotatable bonds is 4. The van der Waals surface area contributed by atoms with Crippen molar-refractivity contribution in [3.63, 3.8) is 0 Å². The predicted molar refractivity (Wildman–Crippen MR) is 84.5 cm³/mol. The summed E-state index contributed by atoms with van der Waals surface area (Å²) in [6, 6.07) is 13.3. The largest absolute Gasteiger partial charge is 0.376 e. The van der Waals surface area contributed by atoms with Crippen LogP contribution in [-0.2, 0) is 4.79 Å². The lowest BCUT2D eigenvalue weighted by Crippen LogP contribution is -2.22. The van der Waals surface area contributed by atoms with Gasteiger partial charge >= 0.3 is 0 Å². The van der Waals surface area contributed by atoms with Crippen LogP contribution in [0.5, 0.6) is 0 Å². The Hall–Kier alpha value is -2.00. The van der Waals surface area contributed by atoms with Gasteiger partial charge in [0.05, 0.1) is 17.3 Å². The highest BCUT2D eigenvalue weighted by molar-refractivity contribution is 6.33. The Kier molecular flexibility index (Phi) is 4.64. The van der Waals surface area contributed by atoms with Crippen molar-refractivity contribution in [2.24, 2.45) is 0 Å². The van der Waals surface area contributed by atoms with Crippen LogP contribution in [0.15, 0.2) is 42.5 Å². The van der Waals surface area contributed by atoms with Crippen LogP contribution >= 0.6 is 11.6 Å². The molecule has 0 bridgehead atoms. The molecule has 3 nitrogen and oxygen atoms in total. The van der Waals surface area contributed by atoms with Crippen LogP contribution < -0.4 is 10.6 Å². The third-order valence-electron chi connectivity index (χ3n) is 2.98. The summed E-state index contributed by atoms with van der Waals surface area (Å²) in [4.78, 5) is 11.9. The van der Waals surface area contributed by atoms with Crippen molar-refractivity contribution in [1.82, 2.24) is 0 Å². The molecule has 2 rings (SSSR count). The first-order valence-electron chi connectivity index (χ1n) is 6.42. The number of aryl methyl sites for hydroxylation is 2. The predicted octanol–water partition coefficient (Wildman–Crippen LogP) is 4.01. The van der Waals surface area contributed by atoms with Gasteiger partial charge in [0.1, 0.15) is 0 Å². The second-order valence-electron chi connectivity index (χ2n) is 4.70. The van der Waals surface area contributed by atoms with Crippen LogP contribution in [0.2, 0.25) is 5.02 Å². The number of hydrogen-bond donors (Lipinski definition) is 2. The summed E-state index contributed by atoms with van der Waals surface area (Å²) in [5, 5.41) is 6.45. The molecule has 0 aliphatic rings. The van der Waals surface area contributed by atoms with Gasteiger partial charge in [-0.2, -0.15) is 0 Å².